The molecule has 28 heavy (non-hydrogen) atoms. The number of carbonyl (C=O) groups is 1. The van der Waals surface area contributed by atoms with Crippen molar-refractivity contribution < 1.29 is 4.79 Å². The Balaban J connectivity index is 1.73. The van der Waals surface area contributed by atoms with Gasteiger partial charge in [-0.2, -0.15) is 5.26 Å². The molecular weight excluding hydrogens is 346 g/mol. The van der Waals surface area contributed by atoms with Gasteiger partial charge in [0.15, 0.2) is 0 Å². The molecule has 2 N–H and O–H groups in total. The van der Waals surface area contributed by atoms with Crippen molar-refractivity contribution >= 4 is 29.0 Å². The number of benzene rings is 3. The molecule has 0 aromatic heterocycles. The second kappa shape index (κ2) is 8.70. The Morgan fingerprint density at radius 3 is 2.25 bits per heavy atom. The van der Waals surface area contributed by atoms with Gasteiger partial charge in [0, 0.05) is 17.1 Å². The number of hydrogen-bond donors (Lipinski definition) is 2. The van der Waals surface area contributed by atoms with E-state index in [-0.39, 0.29) is 5.57 Å². The van der Waals surface area contributed by atoms with Gasteiger partial charge in [0.1, 0.15) is 11.6 Å². The Kier molecular flexibility index (Phi) is 5.88. The third-order valence-corrected chi connectivity index (χ3v) is 4.28. The molecule has 0 bridgehead atoms. The summed E-state index contributed by atoms with van der Waals surface area (Å²) in [5, 5.41) is 15.5. The second-order valence-corrected chi connectivity index (χ2v) is 6.56. The number of nitriles is 1. The zero-order valence-electron chi connectivity index (χ0n) is 15.9. The molecule has 0 radical (unpaired) electrons. The Hall–Kier alpha value is -3.84. The van der Waals surface area contributed by atoms with Crippen molar-refractivity contribution in [1.82, 2.24) is 0 Å². The fourth-order valence-electron chi connectivity index (χ4n) is 2.81. The minimum absolute atomic E-state index is 0.0590. The summed E-state index contributed by atoms with van der Waals surface area (Å²) in [6.45, 7) is 3.92. The number of para-hydroxylation sites is 1. The molecule has 3 rings (SSSR count). The second-order valence-electron chi connectivity index (χ2n) is 6.56. The maximum Gasteiger partial charge on any atom is 0.266 e. The van der Waals surface area contributed by atoms with Crippen molar-refractivity contribution in [3.05, 3.63) is 95.1 Å². The Bertz CT molecular complexity index is 1050. The summed E-state index contributed by atoms with van der Waals surface area (Å²) in [6.07, 6.45) is 1.59. The summed E-state index contributed by atoms with van der Waals surface area (Å²) in [5.41, 5.74) is 5.56. The molecular formula is C24H21N3O. The predicted octanol–water partition coefficient (Wildman–Crippen LogP) is 5.59. The summed E-state index contributed by atoms with van der Waals surface area (Å²) >= 11 is 0. The van der Waals surface area contributed by atoms with E-state index in [0.29, 0.717) is 5.69 Å². The first-order chi connectivity index (χ1) is 13.5. The smallest absolute Gasteiger partial charge is 0.266 e. The number of hydrogen-bond acceptors (Lipinski definition) is 3. The molecule has 4 heteroatoms. The SMILES string of the molecule is Cc1ccc(NC(=O)/C(C#N)=C/c2ccc(Nc3ccccc3)cc2)c(C)c1. The van der Waals surface area contributed by atoms with Gasteiger partial charge >= 0.3 is 0 Å². The van der Waals surface area contributed by atoms with Gasteiger partial charge in [-0.15, -0.1) is 0 Å². The van der Waals surface area contributed by atoms with Crippen molar-refractivity contribution in [3.63, 3.8) is 0 Å². The van der Waals surface area contributed by atoms with E-state index in [0.717, 1.165) is 28.1 Å². The molecule has 0 saturated carbocycles. The fourth-order valence-corrected chi connectivity index (χ4v) is 2.81. The molecule has 0 aliphatic heterocycles. The molecule has 0 unspecified atom stereocenters. The Labute approximate surface area is 165 Å². The minimum atomic E-state index is -0.416. The molecule has 0 aliphatic carbocycles. The third-order valence-electron chi connectivity index (χ3n) is 4.28. The van der Waals surface area contributed by atoms with Gasteiger partial charge in [0.05, 0.1) is 0 Å². The lowest BCUT2D eigenvalue weighted by Crippen LogP contribution is -2.14. The van der Waals surface area contributed by atoms with Crippen LogP contribution in [0.3, 0.4) is 0 Å². The quantitative estimate of drug-likeness (QED) is 0.456. The molecule has 3 aromatic carbocycles. The molecule has 0 atom stereocenters. The van der Waals surface area contributed by atoms with Crippen LogP contribution < -0.4 is 10.6 Å². The first kappa shape index (κ1) is 18.9. The lowest BCUT2D eigenvalue weighted by molar-refractivity contribution is -0.112. The van der Waals surface area contributed by atoms with Crippen molar-refractivity contribution in [3.8, 4) is 6.07 Å². The summed E-state index contributed by atoms with van der Waals surface area (Å²) in [5.74, 6) is -0.416. The van der Waals surface area contributed by atoms with Crippen LogP contribution in [0.1, 0.15) is 16.7 Å². The van der Waals surface area contributed by atoms with E-state index >= 15 is 0 Å². The lowest BCUT2D eigenvalue weighted by Gasteiger charge is -2.09. The van der Waals surface area contributed by atoms with Gasteiger partial charge in [-0.05, 0) is 61.4 Å². The van der Waals surface area contributed by atoms with Crippen LogP contribution >= 0.6 is 0 Å². The maximum atomic E-state index is 12.5. The molecule has 3 aromatic rings. The van der Waals surface area contributed by atoms with Gasteiger partial charge in [0.25, 0.3) is 5.91 Å². The molecule has 138 valence electrons. The van der Waals surface area contributed by atoms with Crippen LogP contribution in [0.2, 0.25) is 0 Å². The highest BCUT2D eigenvalue weighted by Crippen LogP contribution is 2.19. The third kappa shape index (κ3) is 4.87. The van der Waals surface area contributed by atoms with Gasteiger partial charge < -0.3 is 10.6 Å². The van der Waals surface area contributed by atoms with Crippen LogP contribution in [0.5, 0.6) is 0 Å². The van der Waals surface area contributed by atoms with Crippen molar-refractivity contribution in [2.24, 2.45) is 0 Å². The number of carbonyl (C=O) groups excluding carboxylic acids is 1. The molecule has 1 amide bonds. The predicted molar refractivity (Wildman–Crippen MR) is 114 cm³/mol. The average molecular weight is 367 g/mol. The number of rotatable bonds is 5. The van der Waals surface area contributed by atoms with Crippen LogP contribution in [-0.4, -0.2) is 5.91 Å². The summed E-state index contributed by atoms with van der Waals surface area (Å²) < 4.78 is 0. The summed E-state index contributed by atoms with van der Waals surface area (Å²) in [6, 6.07) is 25.2. The number of aryl methyl sites for hydroxylation is 2. The molecule has 0 spiro atoms. The monoisotopic (exact) mass is 367 g/mol. The van der Waals surface area contributed by atoms with E-state index in [4.69, 9.17) is 0 Å². The van der Waals surface area contributed by atoms with Gasteiger partial charge in [0.2, 0.25) is 0 Å². The average Bonchev–Trinajstić information content (AvgIpc) is 2.70. The van der Waals surface area contributed by atoms with Crippen LogP contribution in [0, 0.1) is 25.2 Å². The normalized spacial score (nSPS) is 10.8. The Morgan fingerprint density at radius 2 is 1.61 bits per heavy atom. The van der Waals surface area contributed by atoms with E-state index in [1.165, 1.54) is 0 Å². The molecule has 0 heterocycles. The minimum Gasteiger partial charge on any atom is -0.356 e. The van der Waals surface area contributed by atoms with Crippen molar-refractivity contribution in [1.29, 1.82) is 5.26 Å². The first-order valence-electron chi connectivity index (χ1n) is 8.98. The van der Waals surface area contributed by atoms with E-state index in [1.54, 1.807) is 6.08 Å². The van der Waals surface area contributed by atoms with E-state index in [2.05, 4.69) is 10.6 Å². The van der Waals surface area contributed by atoms with Crippen LogP contribution in [-0.2, 0) is 4.79 Å². The van der Waals surface area contributed by atoms with E-state index in [1.807, 2.05) is 92.7 Å². The van der Waals surface area contributed by atoms with Crippen molar-refractivity contribution in [2.75, 3.05) is 10.6 Å². The van der Waals surface area contributed by atoms with E-state index < -0.39 is 5.91 Å². The fraction of sp³-hybridized carbons (Fsp3) is 0.0833. The maximum absolute atomic E-state index is 12.5. The Morgan fingerprint density at radius 1 is 0.929 bits per heavy atom. The van der Waals surface area contributed by atoms with Crippen LogP contribution in [0.15, 0.2) is 78.4 Å². The van der Waals surface area contributed by atoms with Gasteiger partial charge in [-0.25, -0.2) is 0 Å². The highest BCUT2D eigenvalue weighted by Gasteiger charge is 2.11. The van der Waals surface area contributed by atoms with Gasteiger partial charge in [-0.3, -0.25) is 4.79 Å². The van der Waals surface area contributed by atoms with Gasteiger partial charge in [-0.1, -0.05) is 48.0 Å². The topological polar surface area (TPSA) is 64.9 Å². The lowest BCUT2D eigenvalue weighted by atomic mass is 10.1. The number of nitrogens with zero attached hydrogens (tertiary/aromatic N) is 1. The zero-order valence-corrected chi connectivity index (χ0v) is 15.9. The molecule has 0 fully saturated rings. The summed E-state index contributed by atoms with van der Waals surface area (Å²) in [7, 11) is 0. The number of anilines is 3. The van der Waals surface area contributed by atoms with Crippen molar-refractivity contribution in [2.45, 2.75) is 13.8 Å². The zero-order chi connectivity index (χ0) is 19.9. The molecule has 0 aliphatic rings. The van der Waals surface area contributed by atoms with E-state index in [9.17, 15) is 10.1 Å². The van der Waals surface area contributed by atoms with Crippen LogP contribution in [0.4, 0.5) is 17.1 Å². The largest absolute Gasteiger partial charge is 0.356 e. The highest BCUT2D eigenvalue weighted by molar-refractivity contribution is 6.10. The van der Waals surface area contributed by atoms with Crippen LogP contribution in [0.25, 0.3) is 6.08 Å². The summed E-state index contributed by atoms with van der Waals surface area (Å²) in [4.78, 5) is 12.5. The first-order valence-corrected chi connectivity index (χ1v) is 8.98. The molecule has 0 saturated heterocycles. The standard InChI is InChI=1S/C24H21N3O/c1-17-8-13-23(18(2)14-17)27-24(28)20(16-25)15-19-9-11-22(12-10-19)26-21-6-4-3-5-7-21/h3-15,26H,1-2H3,(H,27,28)/b20-15+. The molecule has 4 nitrogen and oxygen atoms in total. The highest BCUT2D eigenvalue weighted by atomic mass is 16.1. The number of amides is 1. The number of nitrogens with one attached hydrogen (secondary N) is 2.